The van der Waals surface area contributed by atoms with E-state index >= 15 is 4.39 Å². The second-order valence-electron chi connectivity index (χ2n) is 8.22. The van der Waals surface area contributed by atoms with Gasteiger partial charge in [0.05, 0.1) is 11.4 Å². The summed E-state index contributed by atoms with van der Waals surface area (Å²) in [6, 6.07) is 9.02. The molecule has 0 bridgehead atoms. The molecule has 2 N–H and O–H groups in total. The number of aliphatic carboxylic acids is 1. The molecule has 0 radical (unpaired) electrons. The third-order valence-electron chi connectivity index (χ3n) is 6.30. The number of carbonyl (C=O) groups excluding carboxylic acids is 1. The zero-order valence-electron chi connectivity index (χ0n) is 17.1. The lowest BCUT2D eigenvalue weighted by Gasteiger charge is -2.18. The van der Waals surface area contributed by atoms with Gasteiger partial charge in [0, 0.05) is 21.7 Å². The van der Waals surface area contributed by atoms with E-state index in [9.17, 15) is 19.8 Å². The number of aromatic hydroxyl groups is 1. The van der Waals surface area contributed by atoms with Gasteiger partial charge in [-0.05, 0) is 55.2 Å². The van der Waals surface area contributed by atoms with Gasteiger partial charge >= 0.3 is 5.97 Å². The fourth-order valence-corrected chi connectivity index (χ4v) is 5.03. The van der Waals surface area contributed by atoms with E-state index in [1.54, 1.807) is 25.1 Å². The predicted molar refractivity (Wildman–Crippen MR) is 116 cm³/mol. The van der Waals surface area contributed by atoms with Gasteiger partial charge in [0.25, 0.3) is 5.91 Å². The first-order valence-electron chi connectivity index (χ1n) is 10.3. The van der Waals surface area contributed by atoms with Crippen LogP contribution in [0.3, 0.4) is 0 Å². The predicted octanol–water partition coefficient (Wildman–Crippen LogP) is 5.88. The Kier molecular flexibility index (Phi) is 5.75. The Hall–Kier alpha value is -2.86. The molecule has 1 atom stereocenters. The van der Waals surface area contributed by atoms with Crippen LogP contribution in [0.25, 0.3) is 10.9 Å². The van der Waals surface area contributed by atoms with Gasteiger partial charge in [0.2, 0.25) is 0 Å². The largest absolute Gasteiger partial charge is 0.505 e. The van der Waals surface area contributed by atoms with Gasteiger partial charge in [0.1, 0.15) is 0 Å². The van der Waals surface area contributed by atoms with Crippen molar-refractivity contribution < 1.29 is 24.2 Å². The standard InChI is InChI=1S/C24H23ClFNO4/c1-13-20(17(24(30)31)11-14-5-2-3-6-14)21-18(9-10-19(28)22(21)26)27(13)23(29)15-7-4-8-16(25)12-15/h4,7-10,12,14,17,28H,2-3,5-6,11H2,1H3,(H,30,31). The molecule has 162 valence electrons. The Labute approximate surface area is 184 Å². The lowest BCUT2D eigenvalue weighted by molar-refractivity contribution is -0.139. The van der Waals surface area contributed by atoms with Gasteiger partial charge in [0.15, 0.2) is 11.6 Å². The summed E-state index contributed by atoms with van der Waals surface area (Å²) in [6.45, 7) is 1.62. The van der Waals surface area contributed by atoms with Gasteiger partial charge < -0.3 is 10.2 Å². The molecule has 5 nitrogen and oxygen atoms in total. The molecule has 0 spiro atoms. The molecule has 1 aliphatic rings. The van der Waals surface area contributed by atoms with Crippen molar-refractivity contribution in [1.29, 1.82) is 0 Å². The van der Waals surface area contributed by atoms with Crippen LogP contribution in [0.4, 0.5) is 4.39 Å². The van der Waals surface area contributed by atoms with E-state index in [1.807, 2.05) is 0 Å². The number of aromatic nitrogens is 1. The molecule has 1 heterocycles. The fraction of sp³-hybridized carbons (Fsp3) is 0.333. The average molecular weight is 444 g/mol. The molecule has 0 aliphatic heterocycles. The number of phenolic OH excluding ortho intramolecular Hbond substituents is 1. The number of fused-ring (bicyclic) bond motifs is 1. The van der Waals surface area contributed by atoms with E-state index < -0.39 is 29.4 Å². The van der Waals surface area contributed by atoms with Gasteiger partial charge in [-0.2, -0.15) is 0 Å². The van der Waals surface area contributed by atoms with Crippen molar-refractivity contribution in [3.63, 3.8) is 0 Å². The Bertz CT molecular complexity index is 1180. The van der Waals surface area contributed by atoms with Crippen molar-refractivity contribution in [2.75, 3.05) is 0 Å². The molecule has 7 heteroatoms. The van der Waals surface area contributed by atoms with Crippen LogP contribution in [-0.4, -0.2) is 26.7 Å². The maximum Gasteiger partial charge on any atom is 0.311 e. The highest BCUT2D eigenvalue weighted by molar-refractivity contribution is 6.31. The van der Waals surface area contributed by atoms with Crippen molar-refractivity contribution in [3.8, 4) is 5.75 Å². The molecule has 4 rings (SSSR count). The average Bonchev–Trinajstić information content (AvgIpc) is 3.34. The van der Waals surface area contributed by atoms with E-state index in [4.69, 9.17) is 11.6 Å². The number of hydrogen-bond acceptors (Lipinski definition) is 3. The van der Waals surface area contributed by atoms with Gasteiger partial charge in [-0.1, -0.05) is 43.4 Å². The minimum Gasteiger partial charge on any atom is -0.505 e. The molecule has 31 heavy (non-hydrogen) atoms. The number of carbonyl (C=O) groups is 2. The first kappa shape index (κ1) is 21.4. The molecule has 2 aromatic carbocycles. The highest BCUT2D eigenvalue weighted by Crippen LogP contribution is 2.42. The van der Waals surface area contributed by atoms with Crippen LogP contribution >= 0.6 is 11.6 Å². The van der Waals surface area contributed by atoms with Crippen molar-refractivity contribution in [3.05, 3.63) is 64.1 Å². The summed E-state index contributed by atoms with van der Waals surface area (Å²) in [7, 11) is 0. The second-order valence-corrected chi connectivity index (χ2v) is 8.66. The van der Waals surface area contributed by atoms with E-state index in [1.165, 1.54) is 22.8 Å². The zero-order valence-corrected chi connectivity index (χ0v) is 17.8. The molecule has 1 fully saturated rings. The molecular weight excluding hydrogens is 421 g/mol. The normalized spacial score (nSPS) is 15.5. The summed E-state index contributed by atoms with van der Waals surface area (Å²) >= 11 is 6.04. The Balaban J connectivity index is 1.94. The van der Waals surface area contributed by atoms with Crippen LogP contribution in [0.2, 0.25) is 5.02 Å². The Morgan fingerprint density at radius 3 is 2.58 bits per heavy atom. The number of nitrogens with zero attached hydrogens (tertiary/aromatic N) is 1. The van der Waals surface area contributed by atoms with Crippen LogP contribution < -0.4 is 0 Å². The minimum atomic E-state index is -1.06. The van der Waals surface area contributed by atoms with Crippen LogP contribution in [0.15, 0.2) is 36.4 Å². The third kappa shape index (κ3) is 3.81. The SMILES string of the molecule is Cc1c(C(CC2CCCC2)C(=O)O)c2c(F)c(O)ccc2n1C(=O)c1cccc(Cl)c1. The first-order chi connectivity index (χ1) is 14.8. The highest BCUT2D eigenvalue weighted by atomic mass is 35.5. The van der Waals surface area contributed by atoms with E-state index in [2.05, 4.69) is 0 Å². The summed E-state index contributed by atoms with van der Waals surface area (Å²) in [5.41, 5.74) is 1.13. The van der Waals surface area contributed by atoms with Gasteiger partial charge in [-0.15, -0.1) is 0 Å². The number of hydrogen-bond donors (Lipinski definition) is 2. The number of phenols is 1. The quantitative estimate of drug-likeness (QED) is 0.515. The van der Waals surface area contributed by atoms with Crippen molar-refractivity contribution in [2.24, 2.45) is 5.92 Å². The van der Waals surface area contributed by atoms with E-state index in [0.717, 1.165) is 25.7 Å². The van der Waals surface area contributed by atoms with Gasteiger partial charge in [-0.25, -0.2) is 4.39 Å². The lowest BCUT2D eigenvalue weighted by atomic mass is 9.86. The second kappa shape index (κ2) is 8.35. The molecule has 1 saturated carbocycles. The minimum absolute atomic E-state index is 0.0155. The van der Waals surface area contributed by atoms with Gasteiger partial charge in [-0.3, -0.25) is 14.2 Å². The monoisotopic (exact) mass is 443 g/mol. The smallest absolute Gasteiger partial charge is 0.311 e. The summed E-state index contributed by atoms with van der Waals surface area (Å²) < 4.78 is 16.5. The molecule has 0 saturated heterocycles. The maximum absolute atomic E-state index is 15.1. The fourth-order valence-electron chi connectivity index (χ4n) is 4.84. The first-order valence-corrected chi connectivity index (χ1v) is 10.7. The van der Waals surface area contributed by atoms with Crippen LogP contribution in [-0.2, 0) is 4.79 Å². The van der Waals surface area contributed by atoms with Crippen LogP contribution in [0, 0.1) is 18.7 Å². The molecule has 0 amide bonds. The molecular formula is C24H23ClFNO4. The Morgan fingerprint density at radius 1 is 1.23 bits per heavy atom. The number of carboxylic acids is 1. The third-order valence-corrected chi connectivity index (χ3v) is 6.54. The van der Waals surface area contributed by atoms with Crippen molar-refractivity contribution >= 4 is 34.4 Å². The number of benzene rings is 2. The number of rotatable bonds is 5. The van der Waals surface area contributed by atoms with Crippen LogP contribution in [0.1, 0.15) is 59.6 Å². The topological polar surface area (TPSA) is 79.5 Å². The summed E-state index contributed by atoms with van der Waals surface area (Å²) in [6.07, 6.45) is 4.36. The van der Waals surface area contributed by atoms with Crippen LogP contribution in [0.5, 0.6) is 5.75 Å². The number of carboxylic acid groups (broad SMARTS) is 1. The summed E-state index contributed by atoms with van der Waals surface area (Å²) in [4.78, 5) is 25.6. The highest BCUT2D eigenvalue weighted by Gasteiger charge is 2.34. The Morgan fingerprint density at radius 2 is 1.94 bits per heavy atom. The van der Waals surface area contributed by atoms with E-state index in [-0.39, 0.29) is 22.4 Å². The van der Waals surface area contributed by atoms with Crippen molar-refractivity contribution in [1.82, 2.24) is 4.57 Å². The molecule has 1 unspecified atom stereocenters. The van der Waals surface area contributed by atoms with E-state index in [0.29, 0.717) is 22.7 Å². The summed E-state index contributed by atoms with van der Waals surface area (Å²) in [5.74, 6) is -3.73. The molecule has 1 aliphatic carbocycles. The maximum atomic E-state index is 15.1. The zero-order chi connectivity index (χ0) is 22.3. The number of halogens is 2. The van der Waals surface area contributed by atoms with Crippen molar-refractivity contribution in [2.45, 2.75) is 44.9 Å². The molecule has 1 aromatic heterocycles. The summed E-state index contributed by atoms with van der Waals surface area (Å²) in [5, 5.41) is 20.4. The molecule has 3 aromatic rings. The lowest BCUT2D eigenvalue weighted by Crippen LogP contribution is -2.18.